The summed E-state index contributed by atoms with van der Waals surface area (Å²) in [5.74, 6) is -0.674. The number of carbonyl (C=O) groups is 2. The van der Waals surface area contributed by atoms with Crippen LogP contribution in [0.3, 0.4) is 0 Å². The third-order valence-corrected chi connectivity index (χ3v) is 7.17. The second-order valence-electron chi connectivity index (χ2n) is 11.6. The van der Waals surface area contributed by atoms with Crippen molar-refractivity contribution in [3.8, 4) is 0 Å². The molecule has 0 heterocycles. The van der Waals surface area contributed by atoms with Crippen molar-refractivity contribution in [3.05, 3.63) is 85.1 Å². The number of aliphatic hydroxyl groups excluding tert-OH is 1. The van der Waals surface area contributed by atoms with Crippen LogP contribution >= 0.6 is 0 Å². The van der Waals surface area contributed by atoms with Crippen LogP contribution < -0.4 is 0 Å². The van der Waals surface area contributed by atoms with Crippen molar-refractivity contribution in [3.63, 3.8) is 0 Å². The molecule has 0 rings (SSSR count). The molecular weight excluding hydrogens is 572 g/mol. The Balaban J connectivity index is 3.73. The van der Waals surface area contributed by atoms with Crippen LogP contribution in [0.5, 0.6) is 0 Å². The summed E-state index contributed by atoms with van der Waals surface area (Å²) >= 11 is 0. The molecule has 0 saturated carbocycles. The SMILES string of the molecule is CCC=CCC=CCC=CCC=CCCCCCCC(=O)OC[C@H](CO)OC(=O)CCCCC=CCC=CCC=CCCCCC. The van der Waals surface area contributed by atoms with E-state index < -0.39 is 6.10 Å². The summed E-state index contributed by atoms with van der Waals surface area (Å²) in [4.78, 5) is 24.2. The summed E-state index contributed by atoms with van der Waals surface area (Å²) < 4.78 is 10.5. The third-order valence-electron chi connectivity index (χ3n) is 7.17. The number of aliphatic hydroxyl groups is 1. The molecular formula is C41H66O5. The van der Waals surface area contributed by atoms with Gasteiger partial charge in [-0.3, -0.25) is 9.59 Å². The molecule has 260 valence electrons. The predicted octanol–water partition coefficient (Wildman–Crippen LogP) is 11.2. The van der Waals surface area contributed by atoms with Crippen LogP contribution in [-0.2, 0) is 19.1 Å². The minimum atomic E-state index is -0.805. The van der Waals surface area contributed by atoms with Gasteiger partial charge >= 0.3 is 11.9 Å². The Labute approximate surface area is 282 Å². The van der Waals surface area contributed by atoms with Crippen LogP contribution in [0.25, 0.3) is 0 Å². The normalized spacial score (nSPS) is 13.2. The second-order valence-corrected chi connectivity index (χ2v) is 11.6. The number of esters is 2. The Morgan fingerprint density at radius 1 is 0.522 bits per heavy atom. The lowest BCUT2D eigenvalue weighted by atomic mass is 10.1. The average molecular weight is 639 g/mol. The molecule has 0 aliphatic heterocycles. The molecule has 0 saturated heterocycles. The number of carbonyl (C=O) groups excluding carboxylic acids is 2. The van der Waals surface area contributed by atoms with Gasteiger partial charge in [0.05, 0.1) is 6.61 Å². The summed E-state index contributed by atoms with van der Waals surface area (Å²) in [6.07, 6.45) is 49.2. The van der Waals surface area contributed by atoms with Gasteiger partial charge in [-0.2, -0.15) is 0 Å². The Kier molecular flexibility index (Phi) is 34.2. The Bertz CT molecular complexity index is 906. The summed E-state index contributed by atoms with van der Waals surface area (Å²) in [6, 6.07) is 0. The van der Waals surface area contributed by atoms with E-state index in [9.17, 15) is 14.7 Å². The highest BCUT2D eigenvalue weighted by molar-refractivity contribution is 5.70. The molecule has 1 atom stereocenters. The molecule has 0 aromatic carbocycles. The van der Waals surface area contributed by atoms with E-state index in [1.165, 1.54) is 25.7 Å². The first-order chi connectivity index (χ1) is 22.6. The van der Waals surface area contributed by atoms with E-state index in [4.69, 9.17) is 9.47 Å². The molecule has 46 heavy (non-hydrogen) atoms. The van der Waals surface area contributed by atoms with E-state index in [0.29, 0.717) is 12.8 Å². The molecule has 0 bridgehead atoms. The first-order valence-corrected chi connectivity index (χ1v) is 18.1. The molecule has 0 amide bonds. The molecule has 0 aliphatic carbocycles. The summed E-state index contributed by atoms with van der Waals surface area (Å²) in [5.41, 5.74) is 0. The minimum Gasteiger partial charge on any atom is -0.462 e. The van der Waals surface area contributed by atoms with Gasteiger partial charge in [0.2, 0.25) is 0 Å². The summed E-state index contributed by atoms with van der Waals surface area (Å²) in [6.45, 7) is 3.91. The van der Waals surface area contributed by atoms with Crippen LogP contribution in [0.4, 0.5) is 0 Å². The lowest BCUT2D eigenvalue weighted by Gasteiger charge is -2.15. The number of unbranched alkanes of at least 4 members (excludes halogenated alkanes) is 9. The number of ether oxygens (including phenoxy) is 2. The summed E-state index contributed by atoms with van der Waals surface area (Å²) in [7, 11) is 0. The van der Waals surface area contributed by atoms with Gasteiger partial charge in [-0.25, -0.2) is 0 Å². The fourth-order valence-corrected chi connectivity index (χ4v) is 4.43. The lowest BCUT2D eigenvalue weighted by Crippen LogP contribution is -2.28. The van der Waals surface area contributed by atoms with Gasteiger partial charge in [0.1, 0.15) is 6.61 Å². The minimum absolute atomic E-state index is 0.0994. The van der Waals surface area contributed by atoms with E-state index in [-0.39, 0.29) is 25.2 Å². The highest BCUT2D eigenvalue weighted by Gasteiger charge is 2.15. The van der Waals surface area contributed by atoms with Crippen molar-refractivity contribution in [2.45, 2.75) is 148 Å². The van der Waals surface area contributed by atoms with Crippen LogP contribution in [0.2, 0.25) is 0 Å². The zero-order valence-corrected chi connectivity index (χ0v) is 29.3. The molecule has 0 unspecified atom stereocenters. The topological polar surface area (TPSA) is 72.8 Å². The quantitative estimate of drug-likeness (QED) is 0.0465. The Morgan fingerprint density at radius 3 is 1.43 bits per heavy atom. The van der Waals surface area contributed by atoms with Crippen molar-refractivity contribution in [2.24, 2.45) is 0 Å². The number of hydrogen-bond acceptors (Lipinski definition) is 5. The Morgan fingerprint density at radius 2 is 0.935 bits per heavy atom. The third kappa shape index (κ3) is 34.0. The molecule has 5 heteroatoms. The van der Waals surface area contributed by atoms with Gasteiger partial charge in [-0.1, -0.05) is 125 Å². The van der Waals surface area contributed by atoms with E-state index in [1.807, 2.05) is 0 Å². The molecule has 0 spiro atoms. The molecule has 5 nitrogen and oxygen atoms in total. The fourth-order valence-electron chi connectivity index (χ4n) is 4.43. The van der Waals surface area contributed by atoms with Crippen LogP contribution in [-0.4, -0.2) is 36.4 Å². The predicted molar refractivity (Wildman–Crippen MR) is 196 cm³/mol. The first kappa shape index (κ1) is 43.1. The molecule has 1 N–H and O–H groups in total. The first-order valence-electron chi connectivity index (χ1n) is 18.1. The van der Waals surface area contributed by atoms with Crippen LogP contribution in [0.1, 0.15) is 142 Å². The number of allylic oxidation sites excluding steroid dienone is 14. The number of hydrogen-bond donors (Lipinski definition) is 1. The van der Waals surface area contributed by atoms with Gasteiger partial charge in [-0.15, -0.1) is 0 Å². The van der Waals surface area contributed by atoms with Gasteiger partial charge < -0.3 is 14.6 Å². The largest absolute Gasteiger partial charge is 0.462 e. The monoisotopic (exact) mass is 638 g/mol. The lowest BCUT2D eigenvalue weighted by molar-refractivity contribution is -0.161. The van der Waals surface area contributed by atoms with Crippen molar-refractivity contribution in [1.82, 2.24) is 0 Å². The van der Waals surface area contributed by atoms with Crippen LogP contribution in [0, 0.1) is 0 Å². The van der Waals surface area contributed by atoms with Gasteiger partial charge in [-0.05, 0) is 89.9 Å². The second kappa shape index (κ2) is 36.5. The average Bonchev–Trinajstić information content (AvgIpc) is 3.06. The number of rotatable bonds is 31. The van der Waals surface area contributed by atoms with E-state index in [2.05, 4.69) is 98.9 Å². The molecule has 0 aliphatic rings. The Hall–Kier alpha value is -2.92. The highest BCUT2D eigenvalue weighted by atomic mass is 16.6. The van der Waals surface area contributed by atoms with Crippen molar-refractivity contribution in [2.75, 3.05) is 13.2 Å². The van der Waals surface area contributed by atoms with Gasteiger partial charge in [0, 0.05) is 12.8 Å². The van der Waals surface area contributed by atoms with Gasteiger partial charge in [0.25, 0.3) is 0 Å². The molecule has 0 aromatic rings. The van der Waals surface area contributed by atoms with E-state index >= 15 is 0 Å². The molecule has 0 radical (unpaired) electrons. The molecule has 0 fully saturated rings. The smallest absolute Gasteiger partial charge is 0.306 e. The zero-order valence-electron chi connectivity index (χ0n) is 29.3. The zero-order chi connectivity index (χ0) is 33.6. The van der Waals surface area contributed by atoms with Crippen molar-refractivity contribution >= 4 is 11.9 Å². The standard InChI is InChI=1S/C41H66O5/c1-3-5-7-9-11-13-15-17-19-20-22-23-25-27-29-31-33-35-40(43)45-38-39(37-42)46-41(44)36-34-32-30-28-26-24-21-18-16-14-12-10-8-6-4-2/h5,7,11-14,17-19,21-23,26,28,39,42H,3-4,6,8-10,15-16,20,24-25,27,29-38H2,1-2H3/t39-/m0/s1. The van der Waals surface area contributed by atoms with Crippen LogP contribution in [0.15, 0.2) is 85.1 Å². The van der Waals surface area contributed by atoms with Crippen molar-refractivity contribution < 1.29 is 24.2 Å². The maximum absolute atomic E-state index is 12.1. The maximum atomic E-state index is 12.1. The van der Waals surface area contributed by atoms with E-state index in [1.54, 1.807) is 0 Å². The van der Waals surface area contributed by atoms with Crippen molar-refractivity contribution in [1.29, 1.82) is 0 Å². The van der Waals surface area contributed by atoms with Gasteiger partial charge in [0.15, 0.2) is 6.10 Å². The molecule has 0 aromatic heterocycles. The highest BCUT2D eigenvalue weighted by Crippen LogP contribution is 2.09. The summed E-state index contributed by atoms with van der Waals surface area (Å²) in [5, 5.41) is 9.52. The maximum Gasteiger partial charge on any atom is 0.306 e. The fraction of sp³-hybridized carbons (Fsp3) is 0.610. The van der Waals surface area contributed by atoms with E-state index in [0.717, 1.165) is 89.9 Å².